The molecule has 38 heavy (non-hydrogen) atoms. The second kappa shape index (κ2) is 12.9. The highest BCUT2D eigenvalue weighted by atomic mass is 35.5. The summed E-state index contributed by atoms with van der Waals surface area (Å²) in [5.41, 5.74) is 6.51. The van der Waals surface area contributed by atoms with Crippen LogP contribution in [0.5, 0.6) is 17.2 Å². The molecular formula is C31H42ClN3O3. The molecule has 5 rings (SSSR count). The molecule has 0 atom stereocenters. The van der Waals surface area contributed by atoms with E-state index in [4.69, 9.17) is 14.2 Å². The molecule has 2 aromatic carbocycles. The average molecular weight is 540 g/mol. The van der Waals surface area contributed by atoms with Crippen molar-refractivity contribution in [1.82, 2.24) is 4.90 Å². The summed E-state index contributed by atoms with van der Waals surface area (Å²) >= 11 is 0. The summed E-state index contributed by atoms with van der Waals surface area (Å²) in [6.07, 6.45) is 12.1. The van der Waals surface area contributed by atoms with Crippen LogP contribution >= 0.6 is 0 Å². The lowest BCUT2D eigenvalue weighted by Crippen LogP contribution is -3.00. The van der Waals surface area contributed by atoms with Crippen molar-refractivity contribution in [1.29, 1.82) is 0 Å². The Morgan fingerprint density at radius 1 is 1.00 bits per heavy atom. The van der Waals surface area contributed by atoms with Crippen LogP contribution in [0.15, 0.2) is 30.5 Å². The highest BCUT2D eigenvalue weighted by Crippen LogP contribution is 2.43. The van der Waals surface area contributed by atoms with Crippen molar-refractivity contribution in [2.75, 3.05) is 46.4 Å². The zero-order chi connectivity index (χ0) is 25.8. The molecule has 0 amide bonds. The van der Waals surface area contributed by atoms with Gasteiger partial charge in [-0.2, -0.15) is 4.57 Å². The van der Waals surface area contributed by atoms with Crippen molar-refractivity contribution < 1.29 is 31.2 Å². The molecule has 2 aliphatic heterocycles. The Morgan fingerprint density at radius 2 is 1.76 bits per heavy atom. The number of ether oxygens (including phenoxy) is 3. The van der Waals surface area contributed by atoms with Gasteiger partial charge in [-0.1, -0.05) is 39.0 Å². The predicted molar refractivity (Wildman–Crippen MR) is 150 cm³/mol. The van der Waals surface area contributed by atoms with Gasteiger partial charge in [-0.15, -0.1) is 0 Å². The molecule has 0 aliphatic carbocycles. The predicted octanol–water partition coefficient (Wildman–Crippen LogP) is 2.97. The number of aromatic nitrogens is 1. The van der Waals surface area contributed by atoms with Gasteiger partial charge in [-0.25, -0.2) is 0 Å². The molecule has 206 valence electrons. The fourth-order valence-corrected chi connectivity index (χ4v) is 5.76. The van der Waals surface area contributed by atoms with E-state index < -0.39 is 0 Å². The third-order valence-corrected chi connectivity index (χ3v) is 7.73. The number of unbranched alkanes of at least 4 members (excludes halogenated alkanes) is 5. The number of benzene rings is 2. The van der Waals surface area contributed by atoms with E-state index in [1.165, 1.54) is 71.7 Å². The lowest BCUT2D eigenvalue weighted by molar-refractivity contribution is -0.686. The highest BCUT2D eigenvalue weighted by molar-refractivity contribution is 6.00. The third kappa shape index (κ3) is 5.81. The minimum Gasteiger partial charge on any atom is -1.00 e. The van der Waals surface area contributed by atoms with Crippen molar-refractivity contribution in [3.63, 3.8) is 0 Å². The second-order valence-corrected chi connectivity index (χ2v) is 10.6. The Morgan fingerprint density at radius 3 is 2.53 bits per heavy atom. The molecule has 7 heteroatoms. The van der Waals surface area contributed by atoms with Crippen LogP contribution in [-0.4, -0.2) is 46.0 Å². The molecular weight excluding hydrogens is 498 g/mol. The van der Waals surface area contributed by atoms with Crippen molar-refractivity contribution in [2.24, 2.45) is 0 Å². The van der Waals surface area contributed by atoms with Crippen molar-refractivity contribution in [3.8, 4) is 28.5 Å². The third-order valence-electron chi connectivity index (χ3n) is 7.73. The van der Waals surface area contributed by atoms with Crippen molar-refractivity contribution >= 4 is 16.5 Å². The van der Waals surface area contributed by atoms with E-state index in [1.807, 2.05) is 0 Å². The first-order chi connectivity index (χ1) is 18.1. The molecule has 6 nitrogen and oxygen atoms in total. The minimum absolute atomic E-state index is 0. The minimum atomic E-state index is 0. The van der Waals surface area contributed by atoms with Crippen LogP contribution in [0.1, 0.15) is 56.6 Å². The van der Waals surface area contributed by atoms with Gasteiger partial charge in [0.05, 0.1) is 23.7 Å². The molecule has 0 bridgehead atoms. The maximum absolute atomic E-state index is 5.82. The molecule has 3 heterocycles. The Balaban J connectivity index is 0.00000336. The lowest BCUT2D eigenvalue weighted by atomic mass is 9.89. The zero-order valence-electron chi connectivity index (χ0n) is 23.4. The summed E-state index contributed by atoms with van der Waals surface area (Å²) in [5.74, 6) is 2.64. The van der Waals surface area contributed by atoms with Gasteiger partial charge < -0.3 is 36.8 Å². The van der Waals surface area contributed by atoms with E-state index in [2.05, 4.69) is 66.3 Å². The molecule has 0 spiro atoms. The number of hydrogen-bond donors (Lipinski definition) is 1. The highest BCUT2D eigenvalue weighted by Gasteiger charge is 2.32. The molecule has 0 radical (unpaired) electrons. The number of likely N-dealkylation sites (N-methyl/N-ethyl adjacent to an activating group) is 1. The summed E-state index contributed by atoms with van der Waals surface area (Å²) < 4.78 is 19.8. The normalized spacial score (nSPS) is 13.3. The number of fused-ring (bicyclic) bond motifs is 5. The fraction of sp³-hybridized carbons (Fsp3) is 0.516. The topological polar surface area (TPSA) is 46.8 Å². The second-order valence-electron chi connectivity index (χ2n) is 10.6. The Labute approximate surface area is 233 Å². The number of halogens is 1. The summed E-state index contributed by atoms with van der Waals surface area (Å²) in [4.78, 5) is 2.20. The first-order valence-electron chi connectivity index (χ1n) is 14.0. The number of nitrogens with one attached hydrogen (secondary N) is 1. The maximum Gasteiger partial charge on any atom is 0.231 e. The van der Waals surface area contributed by atoms with E-state index in [-0.39, 0.29) is 12.4 Å². The number of anilines is 1. The van der Waals surface area contributed by atoms with Crippen LogP contribution in [0, 0.1) is 0 Å². The van der Waals surface area contributed by atoms with Gasteiger partial charge in [0.2, 0.25) is 12.5 Å². The van der Waals surface area contributed by atoms with E-state index in [1.54, 1.807) is 7.11 Å². The molecule has 0 fully saturated rings. The Hall–Kier alpha value is -2.70. The van der Waals surface area contributed by atoms with Crippen LogP contribution < -0.4 is 36.5 Å². The molecule has 1 N–H and O–H groups in total. The Bertz CT molecular complexity index is 1260. The van der Waals surface area contributed by atoms with Gasteiger partial charge >= 0.3 is 0 Å². The molecule has 0 saturated carbocycles. The molecule has 3 aromatic rings. The van der Waals surface area contributed by atoms with Gasteiger partial charge in [0.15, 0.2) is 24.2 Å². The van der Waals surface area contributed by atoms with Crippen LogP contribution in [0.3, 0.4) is 0 Å². The number of nitrogens with zero attached hydrogens (tertiary/aromatic N) is 2. The SMILES string of the molecule is CCCCCCCCc1c2[n+](cc3c(NCCN(C)C)c(OC)ccc13)CCc1cc3c(cc1-2)OCO3.[Cl-]. The van der Waals surface area contributed by atoms with E-state index in [0.717, 1.165) is 55.4 Å². The van der Waals surface area contributed by atoms with Gasteiger partial charge in [-0.3, -0.25) is 0 Å². The quantitative estimate of drug-likeness (QED) is 0.283. The Kier molecular flexibility index (Phi) is 9.61. The van der Waals surface area contributed by atoms with Crippen molar-refractivity contribution in [3.05, 3.63) is 41.6 Å². The smallest absolute Gasteiger partial charge is 0.231 e. The van der Waals surface area contributed by atoms with Gasteiger partial charge in [0.1, 0.15) is 5.75 Å². The number of aryl methyl sites for hydroxylation is 3. The fourth-order valence-electron chi connectivity index (χ4n) is 5.76. The standard InChI is InChI=1S/C31H41N3O3.ClH/c1-5-6-7-8-9-10-11-24-23-12-13-27(35-4)30(32-15-17-33(2)3)26(23)20-34-16-14-22-18-28-29(37-21-36-28)19-25(22)31(24)34;/h12-13,18-20H,5-11,14-17,21H2,1-4H3;1H. The maximum atomic E-state index is 5.82. The van der Waals surface area contributed by atoms with Gasteiger partial charge in [-0.05, 0) is 62.2 Å². The van der Waals surface area contributed by atoms with Gasteiger partial charge in [0.25, 0.3) is 0 Å². The summed E-state index contributed by atoms with van der Waals surface area (Å²) in [7, 11) is 5.98. The van der Waals surface area contributed by atoms with E-state index >= 15 is 0 Å². The molecule has 0 saturated heterocycles. The summed E-state index contributed by atoms with van der Waals surface area (Å²) in [6.45, 7) is 5.37. The van der Waals surface area contributed by atoms with E-state index in [0.29, 0.717) is 6.79 Å². The molecule has 1 aromatic heterocycles. The monoisotopic (exact) mass is 539 g/mol. The van der Waals surface area contributed by atoms with Crippen LogP contribution in [0.2, 0.25) is 0 Å². The first-order valence-corrected chi connectivity index (χ1v) is 14.0. The van der Waals surface area contributed by atoms with Crippen molar-refractivity contribution in [2.45, 2.75) is 64.8 Å². The number of methoxy groups -OCH3 is 1. The van der Waals surface area contributed by atoms with Crippen LogP contribution in [0.25, 0.3) is 22.0 Å². The van der Waals surface area contributed by atoms with Gasteiger partial charge in [0, 0.05) is 25.1 Å². The molecule has 2 aliphatic rings. The summed E-state index contributed by atoms with van der Waals surface area (Å²) in [6, 6.07) is 8.80. The number of hydrogen-bond acceptors (Lipinski definition) is 5. The van der Waals surface area contributed by atoms with Crippen LogP contribution in [0.4, 0.5) is 5.69 Å². The van der Waals surface area contributed by atoms with Crippen LogP contribution in [-0.2, 0) is 19.4 Å². The number of pyridine rings is 1. The van der Waals surface area contributed by atoms with E-state index in [9.17, 15) is 0 Å². The zero-order valence-corrected chi connectivity index (χ0v) is 24.1. The summed E-state index contributed by atoms with van der Waals surface area (Å²) in [5, 5.41) is 6.26. The average Bonchev–Trinajstić information content (AvgIpc) is 3.36. The largest absolute Gasteiger partial charge is 1.00 e. The molecule has 0 unspecified atom stereocenters. The number of rotatable bonds is 12. The first kappa shape index (κ1) is 28.3. The lowest BCUT2D eigenvalue weighted by Gasteiger charge is -2.22.